The molecule has 4 aromatic heterocycles. The Hall–Kier alpha value is -5.56. The Labute approximate surface area is 319 Å². The molecule has 8 heterocycles. The molecule has 0 N–H and O–H groups in total. The van der Waals surface area contributed by atoms with Crippen molar-refractivity contribution in [2.24, 2.45) is 0 Å². The molecule has 2 fully saturated rings. The van der Waals surface area contributed by atoms with Crippen LogP contribution in [0.3, 0.4) is 0 Å². The number of anilines is 2. The van der Waals surface area contributed by atoms with E-state index in [9.17, 15) is 19.2 Å². The van der Waals surface area contributed by atoms with Gasteiger partial charge in [-0.15, -0.1) is 0 Å². The first kappa shape index (κ1) is 36.8. The van der Waals surface area contributed by atoms with Gasteiger partial charge in [-0.25, -0.2) is 39.3 Å². The van der Waals surface area contributed by atoms with Gasteiger partial charge in [-0.2, -0.15) is 0 Å². The van der Waals surface area contributed by atoms with Crippen LogP contribution >= 0.6 is 23.2 Å². The third-order valence-corrected chi connectivity index (χ3v) is 9.54. The predicted octanol–water partition coefficient (Wildman–Crippen LogP) is 3.14. The summed E-state index contributed by atoms with van der Waals surface area (Å²) in [5.41, 5.74) is 0.874. The lowest BCUT2D eigenvalue weighted by Crippen LogP contribution is -2.48. The molecule has 0 spiro atoms. The summed E-state index contributed by atoms with van der Waals surface area (Å²) in [6.07, 6.45) is 5.56. The van der Waals surface area contributed by atoms with Crippen molar-refractivity contribution in [2.75, 3.05) is 76.3 Å². The van der Waals surface area contributed by atoms with Gasteiger partial charge in [0.15, 0.2) is 11.4 Å². The van der Waals surface area contributed by atoms with Gasteiger partial charge in [0.2, 0.25) is 12.5 Å². The summed E-state index contributed by atoms with van der Waals surface area (Å²) in [7, 11) is 4.00. The van der Waals surface area contributed by atoms with E-state index in [4.69, 9.17) is 32.7 Å². The number of aromatic nitrogens is 6. The molecule has 20 heteroatoms. The van der Waals surface area contributed by atoms with Crippen LogP contribution in [-0.4, -0.2) is 140 Å². The quantitative estimate of drug-likeness (QED) is 0.295. The highest BCUT2D eigenvalue weighted by molar-refractivity contribution is 6.30. The topological polar surface area (TPSA) is 184 Å². The molecular formula is C34H34Cl2N12O6. The zero-order valence-electron chi connectivity index (χ0n) is 29.2. The van der Waals surface area contributed by atoms with Gasteiger partial charge in [0.1, 0.15) is 23.0 Å². The van der Waals surface area contributed by atoms with Crippen LogP contribution < -0.4 is 9.80 Å². The summed E-state index contributed by atoms with van der Waals surface area (Å²) in [5.74, 6) is -0.242. The van der Waals surface area contributed by atoms with E-state index >= 15 is 0 Å². The molecular weight excluding hydrogens is 743 g/mol. The molecule has 8 rings (SSSR count). The van der Waals surface area contributed by atoms with E-state index in [1.807, 2.05) is 14.1 Å². The molecule has 4 aliphatic heterocycles. The minimum Gasteiger partial charge on any atom is -0.419 e. The average Bonchev–Trinajstić information content (AvgIpc) is 3.62. The normalized spacial score (nSPS) is 19.9. The number of carbonyl (C=O) groups excluding carboxylic acids is 4. The van der Waals surface area contributed by atoms with Crippen molar-refractivity contribution in [3.63, 3.8) is 0 Å². The summed E-state index contributed by atoms with van der Waals surface area (Å²) in [5, 5.41) is 0.871. The number of piperazine rings is 2. The van der Waals surface area contributed by atoms with E-state index < -0.39 is 36.5 Å². The molecule has 2 atom stereocenters. The van der Waals surface area contributed by atoms with Crippen molar-refractivity contribution < 1.29 is 28.7 Å². The largest absolute Gasteiger partial charge is 0.419 e. The molecule has 4 aromatic rings. The third kappa shape index (κ3) is 7.58. The minimum atomic E-state index is -1.03. The number of ether oxygens (including phenoxy) is 2. The summed E-state index contributed by atoms with van der Waals surface area (Å²) in [6, 6.07) is 6.40. The highest BCUT2D eigenvalue weighted by atomic mass is 35.5. The van der Waals surface area contributed by atoms with E-state index in [0.29, 0.717) is 59.2 Å². The first-order valence-corrected chi connectivity index (χ1v) is 17.6. The van der Waals surface area contributed by atoms with Crippen LogP contribution in [0.1, 0.15) is 44.8 Å². The van der Waals surface area contributed by atoms with Crippen LogP contribution in [0.4, 0.5) is 21.2 Å². The summed E-state index contributed by atoms with van der Waals surface area (Å²) >= 11 is 11.8. The molecule has 2 saturated heterocycles. The molecule has 4 aliphatic rings. The molecule has 0 radical (unpaired) electrons. The maximum Gasteiger partial charge on any atom is 0.412 e. The standard InChI is InChI=1S/2C17H17ClN6O3/c2*1-22-6-8-23(9-7-22)17(26)27-16-14-13(19-4-5-20-14)15(25)24(16)12-3-2-11(18)10-21-12/h2*2-5,10,16H,6-9H2,1H3. The van der Waals surface area contributed by atoms with Crippen molar-refractivity contribution in [1.29, 1.82) is 0 Å². The number of fused-ring (bicyclic) bond motifs is 2. The van der Waals surface area contributed by atoms with Crippen LogP contribution in [0.5, 0.6) is 0 Å². The molecule has 2 unspecified atom stereocenters. The maximum atomic E-state index is 12.8. The lowest BCUT2D eigenvalue weighted by Gasteiger charge is -2.33. The first-order valence-electron chi connectivity index (χ1n) is 16.9. The Kier molecular flexibility index (Phi) is 10.8. The van der Waals surface area contributed by atoms with Crippen LogP contribution in [-0.2, 0) is 9.47 Å². The van der Waals surface area contributed by atoms with Crippen molar-refractivity contribution in [2.45, 2.75) is 12.5 Å². The third-order valence-electron chi connectivity index (χ3n) is 9.10. The number of hydrogen-bond acceptors (Lipinski definition) is 14. The Morgan fingerprint density at radius 3 is 1.30 bits per heavy atom. The van der Waals surface area contributed by atoms with Crippen LogP contribution in [0.15, 0.2) is 61.4 Å². The van der Waals surface area contributed by atoms with E-state index in [2.05, 4.69) is 39.7 Å². The van der Waals surface area contributed by atoms with Gasteiger partial charge in [-0.05, 0) is 38.4 Å². The Bertz CT molecular complexity index is 1880. The number of halogens is 2. The predicted molar refractivity (Wildman–Crippen MR) is 193 cm³/mol. The smallest absolute Gasteiger partial charge is 0.412 e. The molecule has 54 heavy (non-hydrogen) atoms. The molecule has 18 nitrogen and oxygen atoms in total. The molecule has 0 aromatic carbocycles. The Morgan fingerprint density at radius 1 is 0.574 bits per heavy atom. The van der Waals surface area contributed by atoms with E-state index in [0.717, 1.165) is 26.2 Å². The summed E-state index contributed by atoms with van der Waals surface area (Å²) in [6.45, 7) is 5.28. The van der Waals surface area contributed by atoms with Gasteiger partial charge in [0.05, 0.1) is 10.0 Å². The van der Waals surface area contributed by atoms with Crippen molar-refractivity contribution in [3.8, 4) is 0 Å². The Morgan fingerprint density at radius 2 is 0.944 bits per heavy atom. The minimum absolute atomic E-state index is 0.144. The van der Waals surface area contributed by atoms with Gasteiger partial charge in [-0.3, -0.25) is 19.6 Å². The first-order chi connectivity index (χ1) is 26.1. The van der Waals surface area contributed by atoms with Gasteiger partial charge in [0, 0.05) is 89.5 Å². The van der Waals surface area contributed by atoms with Gasteiger partial charge in [0.25, 0.3) is 11.8 Å². The fraction of sp³-hybridized carbons (Fsp3) is 0.353. The number of rotatable bonds is 4. The SMILES string of the molecule is CN1CCN(C(=O)OC2c3nccnc3C(=O)N2c2ccc(Cl)cn2)CC1.CN1CCN(C(=O)OC2c3nccnc3C(=O)N2c2ccc(Cl)cn2)CC1. The van der Waals surface area contributed by atoms with Crippen LogP contribution in [0.2, 0.25) is 10.0 Å². The number of hydrogen-bond donors (Lipinski definition) is 0. The van der Waals surface area contributed by atoms with Gasteiger partial charge >= 0.3 is 12.2 Å². The zero-order valence-corrected chi connectivity index (χ0v) is 30.7. The Balaban J connectivity index is 0.000000167. The number of pyridine rings is 2. The monoisotopic (exact) mass is 776 g/mol. The molecule has 0 saturated carbocycles. The maximum absolute atomic E-state index is 12.8. The lowest BCUT2D eigenvalue weighted by atomic mass is 10.3. The molecule has 280 valence electrons. The van der Waals surface area contributed by atoms with Crippen molar-refractivity contribution in [1.82, 2.24) is 49.5 Å². The zero-order chi connectivity index (χ0) is 37.9. The second-order valence-electron chi connectivity index (χ2n) is 12.7. The fourth-order valence-electron chi connectivity index (χ4n) is 6.08. The van der Waals surface area contributed by atoms with E-state index in [1.165, 1.54) is 47.0 Å². The number of carbonyl (C=O) groups is 4. The lowest BCUT2D eigenvalue weighted by molar-refractivity contribution is 0.0466. The number of amides is 4. The summed E-state index contributed by atoms with van der Waals surface area (Å²) in [4.78, 5) is 86.0. The van der Waals surface area contributed by atoms with E-state index in [1.54, 1.807) is 34.1 Å². The van der Waals surface area contributed by atoms with Crippen molar-refractivity contribution in [3.05, 3.63) is 94.3 Å². The molecule has 4 amide bonds. The molecule has 0 bridgehead atoms. The highest BCUT2D eigenvalue weighted by Crippen LogP contribution is 2.37. The van der Waals surface area contributed by atoms with Crippen molar-refractivity contribution >= 4 is 58.8 Å². The van der Waals surface area contributed by atoms with E-state index in [-0.39, 0.29) is 11.4 Å². The second kappa shape index (κ2) is 15.8. The van der Waals surface area contributed by atoms with Crippen LogP contribution in [0.25, 0.3) is 0 Å². The number of likely N-dealkylation sites (N-methyl/N-ethyl adjacent to an activating group) is 2. The highest BCUT2D eigenvalue weighted by Gasteiger charge is 2.45. The fourth-order valence-corrected chi connectivity index (χ4v) is 6.30. The second-order valence-corrected chi connectivity index (χ2v) is 13.5. The summed E-state index contributed by atoms with van der Waals surface area (Å²) < 4.78 is 11.4. The molecule has 0 aliphatic carbocycles. The van der Waals surface area contributed by atoms with Crippen LogP contribution in [0, 0.1) is 0 Å². The van der Waals surface area contributed by atoms with Gasteiger partial charge in [-0.1, -0.05) is 23.2 Å². The van der Waals surface area contributed by atoms with Gasteiger partial charge < -0.3 is 29.1 Å². The number of nitrogens with zero attached hydrogens (tertiary/aromatic N) is 12. The average molecular weight is 778 g/mol.